The summed E-state index contributed by atoms with van der Waals surface area (Å²) >= 11 is 6.14. The van der Waals surface area contributed by atoms with Crippen molar-refractivity contribution in [3.05, 3.63) is 69.2 Å². The number of benzene rings is 2. The van der Waals surface area contributed by atoms with Crippen LogP contribution in [0.3, 0.4) is 0 Å². The minimum absolute atomic E-state index is 0.244. The number of halogens is 1. The van der Waals surface area contributed by atoms with Gasteiger partial charge in [0.2, 0.25) is 5.91 Å². The van der Waals surface area contributed by atoms with Gasteiger partial charge in [0.15, 0.2) is 6.61 Å². The highest BCUT2D eigenvalue weighted by molar-refractivity contribution is 6.31. The second-order valence-electron chi connectivity index (χ2n) is 6.91. The zero-order valence-corrected chi connectivity index (χ0v) is 18.0. The van der Waals surface area contributed by atoms with Crippen molar-refractivity contribution >= 4 is 40.7 Å². The van der Waals surface area contributed by atoms with Crippen LogP contribution in [0, 0.1) is 6.92 Å². The topological polar surface area (TPSA) is 78.6 Å². The molecule has 1 aliphatic carbocycles. The Balaban J connectivity index is 2.18. The quantitative estimate of drug-likeness (QED) is 0.646. The first-order valence-corrected chi connectivity index (χ1v) is 10.2. The van der Waals surface area contributed by atoms with E-state index in [-0.39, 0.29) is 13.2 Å². The van der Waals surface area contributed by atoms with Crippen LogP contribution < -0.4 is 10.5 Å². The fourth-order valence-electron chi connectivity index (χ4n) is 3.69. The third kappa shape index (κ3) is 4.26. The molecule has 0 fully saturated rings. The number of amides is 1. The van der Waals surface area contributed by atoms with E-state index in [9.17, 15) is 9.59 Å². The third-order valence-corrected chi connectivity index (χ3v) is 5.16. The third-order valence-electron chi connectivity index (χ3n) is 4.92. The molecule has 0 spiro atoms. The molecule has 2 N–H and O–H groups in total. The van der Waals surface area contributed by atoms with Gasteiger partial charge < -0.3 is 15.2 Å². The summed E-state index contributed by atoms with van der Waals surface area (Å²) in [7, 11) is 0. The van der Waals surface area contributed by atoms with Crippen LogP contribution in [0.2, 0.25) is 5.02 Å². The molecule has 0 saturated carbocycles. The molecule has 156 valence electrons. The van der Waals surface area contributed by atoms with Crippen molar-refractivity contribution in [3.63, 3.8) is 0 Å². The summed E-state index contributed by atoms with van der Waals surface area (Å²) in [5.74, 6) is -0.536. The summed E-state index contributed by atoms with van der Waals surface area (Å²) < 4.78 is 10.8. The molecule has 5 nitrogen and oxygen atoms in total. The van der Waals surface area contributed by atoms with Crippen LogP contribution in [-0.2, 0) is 14.3 Å². The predicted octanol–water partition coefficient (Wildman–Crippen LogP) is 4.79. The van der Waals surface area contributed by atoms with Gasteiger partial charge in [-0.1, -0.05) is 42.8 Å². The average molecular weight is 426 g/mol. The molecule has 0 aliphatic heterocycles. The van der Waals surface area contributed by atoms with Crippen molar-refractivity contribution in [2.24, 2.45) is 5.73 Å². The van der Waals surface area contributed by atoms with Crippen molar-refractivity contribution in [1.29, 1.82) is 0 Å². The summed E-state index contributed by atoms with van der Waals surface area (Å²) in [4.78, 5) is 24.3. The minimum Gasteiger partial charge on any atom is -0.481 e. The molecule has 1 amide bonds. The van der Waals surface area contributed by atoms with E-state index in [0.717, 1.165) is 27.8 Å². The Morgan fingerprint density at radius 3 is 2.57 bits per heavy atom. The van der Waals surface area contributed by atoms with E-state index in [1.54, 1.807) is 6.92 Å². The zero-order chi connectivity index (χ0) is 21.8. The van der Waals surface area contributed by atoms with E-state index < -0.39 is 11.9 Å². The Hall–Kier alpha value is -3.05. The number of aryl methyl sites for hydroxylation is 1. The number of nitrogens with two attached hydrogens (primary N) is 1. The monoisotopic (exact) mass is 425 g/mol. The van der Waals surface area contributed by atoms with Crippen LogP contribution in [0.25, 0.3) is 17.2 Å². The molecule has 0 saturated heterocycles. The number of carbonyl (C=O) groups is 2. The number of rotatable bonds is 7. The van der Waals surface area contributed by atoms with Crippen LogP contribution in [-0.4, -0.2) is 25.1 Å². The van der Waals surface area contributed by atoms with Gasteiger partial charge in [-0.2, -0.15) is 0 Å². The molecule has 30 heavy (non-hydrogen) atoms. The first-order valence-electron chi connectivity index (χ1n) is 9.80. The van der Waals surface area contributed by atoms with Crippen molar-refractivity contribution in [2.45, 2.75) is 27.2 Å². The highest BCUT2D eigenvalue weighted by Crippen LogP contribution is 2.48. The van der Waals surface area contributed by atoms with Gasteiger partial charge in [0.25, 0.3) is 0 Å². The number of fused-ring (bicyclic) bond motifs is 1. The average Bonchev–Trinajstić information content (AvgIpc) is 3.01. The number of allylic oxidation sites excluding steroid dienone is 2. The maximum absolute atomic E-state index is 12.5. The second-order valence-corrected chi connectivity index (χ2v) is 7.35. The van der Waals surface area contributed by atoms with Gasteiger partial charge in [-0.15, -0.1) is 0 Å². The van der Waals surface area contributed by atoms with Crippen LogP contribution in [0.4, 0.5) is 0 Å². The van der Waals surface area contributed by atoms with Gasteiger partial charge in [0.1, 0.15) is 5.75 Å². The normalized spacial score (nSPS) is 14.1. The van der Waals surface area contributed by atoms with Crippen LogP contribution in [0.1, 0.15) is 42.5 Å². The summed E-state index contributed by atoms with van der Waals surface area (Å²) in [5.41, 5.74) is 11.1. The van der Waals surface area contributed by atoms with Crippen molar-refractivity contribution < 1.29 is 19.1 Å². The lowest BCUT2D eigenvalue weighted by atomic mass is 9.97. The van der Waals surface area contributed by atoms with E-state index >= 15 is 0 Å². The van der Waals surface area contributed by atoms with Crippen molar-refractivity contribution in [2.75, 3.05) is 13.2 Å². The Bertz CT molecular complexity index is 1070. The van der Waals surface area contributed by atoms with Gasteiger partial charge in [0, 0.05) is 10.6 Å². The van der Waals surface area contributed by atoms with Gasteiger partial charge in [-0.25, -0.2) is 4.79 Å². The number of carbonyl (C=O) groups excluding carboxylic acids is 2. The highest BCUT2D eigenvalue weighted by Gasteiger charge is 2.32. The fraction of sp³-hybridized carbons (Fsp3) is 0.250. The standard InChI is InChI=1S/C24H24ClNO4/c1-4-17-19(12-15-7-6-8-16(25)11-15)18-10-9-14(3)23(21(18)22(17)24(26)28)30-13-20(27)29-5-2/h6-12H,4-5,13H2,1-3H3,(H2,26,28). The molecule has 0 aromatic heterocycles. The molecule has 2 aromatic carbocycles. The van der Waals surface area contributed by atoms with E-state index in [1.165, 1.54) is 0 Å². The molecule has 0 heterocycles. The van der Waals surface area contributed by atoms with Crippen molar-refractivity contribution in [1.82, 2.24) is 0 Å². The summed E-state index contributed by atoms with van der Waals surface area (Å²) in [6.45, 7) is 5.60. The largest absolute Gasteiger partial charge is 0.481 e. The van der Waals surface area contributed by atoms with Crippen LogP contribution in [0.15, 0.2) is 42.0 Å². The van der Waals surface area contributed by atoms with Crippen molar-refractivity contribution in [3.8, 4) is 5.75 Å². The van der Waals surface area contributed by atoms with Gasteiger partial charge in [-0.05, 0) is 66.3 Å². The minimum atomic E-state index is -0.533. The lowest BCUT2D eigenvalue weighted by Gasteiger charge is -2.15. The molecular weight excluding hydrogens is 402 g/mol. The zero-order valence-electron chi connectivity index (χ0n) is 17.3. The smallest absolute Gasteiger partial charge is 0.344 e. The Kier molecular flexibility index (Phi) is 6.63. The molecule has 2 aromatic rings. The van der Waals surface area contributed by atoms with Gasteiger partial charge >= 0.3 is 5.97 Å². The molecule has 0 radical (unpaired) electrons. The molecular formula is C24H24ClNO4. The lowest BCUT2D eigenvalue weighted by molar-refractivity contribution is -0.145. The number of hydrogen-bond acceptors (Lipinski definition) is 4. The van der Waals surface area contributed by atoms with E-state index in [2.05, 4.69) is 0 Å². The van der Waals surface area contributed by atoms with Crippen LogP contribution >= 0.6 is 11.6 Å². The number of ether oxygens (including phenoxy) is 2. The Morgan fingerprint density at radius 2 is 1.93 bits per heavy atom. The molecule has 0 bridgehead atoms. The van der Waals surface area contributed by atoms with E-state index in [4.69, 9.17) is 26.8 Å². The highest BCUT2D eigenvalue weighted by atomic mass is 35.5. The molecule has 6 heteroatoms. The van der Waals surface area contributed by atoms with Gasteiger partial charge in [0.05, 0.1) is 12.2 Å². The van der Waals surface area contributed by atoms with Crippen LogP contribution in [0.5, 0.6) is 5.75 Å². The van der Waals surface area contributed by atoms with E-state index in [1.807, 2.05) is 56.3 Å². The van der Waals surface area contributed by atoms with E-state index in [0.29, 0.717) is 28.3 Å². The Labute approximate surface area is 181 Å². The lowest BCUT2D eigenvalue weighted by Crippen LogP contribution is -2.17. The number of primary amides is 1. The predicted molar refractivity (Wildman–Crippen MR) is 119 cm³/mol. The molecule has 3 rings (SSSR count). The number of hydrogen-bond donors (Lipinski definition) is 1. The maximum atomic E-state index is 12.5. The Morgan fingerprint density at radius 1 is 1.17 bits per heavy atom. The molecule has 0 unspecified atom stereocenters. The summed E-state index contributed by atoms with van der Waals surface area (Å²) in [5, 5.41) is 0.627. The maximum Gasteiger partial charge on any atom is 0.344 e. The van der Waals surface area contributed by atoms with Gasteiger partial charge in [-0.3, -0.25) is 4.79 Å². The number of esters is 1. The first kappa shape index (κ1) is 21.7. The second kappa shape index (κ2) is 9.18. The first-order chi connectivity index (χ1) is 14.4. The summed E-state index contributed by atoms with van der Waals surface area (Å²) in [6.07, 6.45) is 2.60. The summed E-state index contributed by atoms with van der Waals surface area (Å²) in [6, 6.07) is 11.3. The SMILES string of the molecule is CCOC(=O)COc1c(C)ccc2c1C(C(N)=O)=C(CC)C2=Cc1cccc(Cl)c1. The molecule has 1 aliphatic rings. The fourth-order valence-corrected chi connectivity index (χ4v) is 3.89. The molecule has 0 atom stereocenters.